The SMILES string of the molecule is CCCCCCCCCCC/C=C\C/C=C\CCCCCCCCCCCCCCC(O)C(=O)NC(CO)C(O)C(O)CCCCCCCCCCCCCCCC. The molecular formula is C52H101NO5. The maximum Gasteiger partial charge on any atom is 0.249 e. The first-order valence-corrected chi connectivity index (χ1v) is 25.7. The van der Waals surface area contributed by atoms with Gasteiger partial charge in [-0.15, -0.1) is 0 Å². The Kier molecular flexibility index (Phi) is 45.9. The lowest BCUT2D eigenvalue weighted by molar-refractivity contribution is -0.132. The van der Waals surface area contributed by atoms with E-state index < -0.39 is 36.9 Å². The number of allylic oxidation sites excluding steroid dienone is 4. The van der Waals surface area contributed by atoms with Crippen molar-refractivity contribution in [3.8, 4) is 0 Å². The summed E-state index contributed by atoms with van der Waals surface area (Å²) in [5, 5.41) is 43.8. The van der Waals surface area contributed by atoms with Gasteiger partial charge in [-0.2, -0.15) is 0 Å². The summed E-state index contributed by atoms with van der Waals surface area (Å²) < 4.78 is 0. The maximum atomic E-state index is 12.6. The molecule has 0 aliphatic heterocycles. The van der Waals surface area contributed by atoms with Crippen LogP contribution in [0.25, 0.3) is 0 Å². The van der Waals surface area contributed by atoms with E-state index in [9.17, 15) is 25.2 Å². The molecule has 6 heteroatoms. The Morgan fingerprint density at radius 1 is 0.431 bits per heavy atom. The Balaban J connectivity index is 3.63. The fourth-order valence-electron chi connectivity index (χ4n) is 8.08. The van der Waals surface area contributed by atoms with E-state index in [1.165, 1.54) is 199 Å². The van der Waals surface area contributed by atoms with Crippen molar-refractivity contribution in [2.45, 2.75) is 295 Å². The molecule has 0 aliphatic carbocycles. The number of hydrogen-bond acceptors (Lipinski definition) is 5. The Morgan fingerprint density at radius 2 is 0.741 bits per heavy atom. The first-order valence-electron chi connectivity index (χ1n) is 25.7. The first kappa shape index (κ1) is 56.8. The molecule has 1 amide bonds. The van der Waals surface area contributed by atoms with E-state index in [0.29, 0.717) is 12.8 Å². The second-order valence-corrected chi connectivity index (χ2v) is 17.9. The molecule has 0 fully saturated rings. The van der Waals surface area contributed by atoms with Crippen LogP contribution in [0.4, 0.5) is 0 Å². The molecule has 4 atom stereocenters. The molecule has 0 saturated heterocycles. The molecule has 0 aromatic rings. The van der Waals surface area contributed by atoms with Gasteiger partial charge in [0.15, 0.2) is 0 Å². The summed E-state index contributed by atoms with van der Waals surface area (Å²) in [5.41, 5.74) is 0. The summed E-state index contributed by atoms with van der Waals surface area (Å²) in [6, 6.07) is -0.984. The van der Waals surface area contributed by atoms with Crippen LogP contribution in [0.1, 0.15) is 271 Å². The largest absolute Gasteiger partial charge is 0.394 e. The fourth-order valence-corrected chi connectivity index (χ4v) is 8.08. The number of carbonyl (C=O) groups is 1. The molecule has 4 unspecified atom stereocenters. The van der Waals surface area contributed by atoms with E-state index in [1.54, 1.807) is 0 Å². The molecule has 0 aliphatic rings. The highest BCUT2D eigenvalue weighted by Gasteiger charge is 2.28. The lowest BCUT2D eigenvalue weighted by atomic mass is 9.99. The average molecular weight is 820 g/mol. The molecular weight excluding hydrogens is 719 g/mol. The summed E-state index contributed by atoms with van der Waals surface area (Å²) in [5.74, 6) is -0.583. The Bertz CT molecular complexity index is 878. The third-order valence-electron chi connectivity index (χ3n) is 12.2. The van der Waals surface area contributed by atoms with Crippen LogP contribution < -0.4 is 5.32 Å². The molecule has 0 aromatic heterocycles. The number of aliphatic hydroxyl groups excluding tert-OH is 4. The van der Waals surface area contributed by atoms with Crippen molar-refractivity contribution in [1.29, 1.82) is 0 Å². The molecule has 0 spiro atoms. The van der Waals surface area contributed by atoms with Crippen LogP contribution in [-0.4, -0.2) is 57.3 Å². The van der Waals surface area contributed by atoms with Gasteiger partial charge in [-0.1, -0.05) is 250 Å². The molecule has 0 rings (SSSR count). The molecule has 6 nitrogen and oxygen atoms in total. The highest BCUT2D eigenvalue weighted by atomic mass is 16.3. The Hall–Kier alpha value is -1.21. The number of nitrogens with one attached hydrogen (secondary N) is 1. The Labute approximate surface area is 361 Å². The standard InChI is InChI=1S/C52H101NO5/c1-3-5-7-9-11-13-15-17-19-20-21-22-23-24-25-26-27-28-29-30-31-32-34-36-38-40-42-44-46-50(56)52(58)53-48(47-54)51(57)49(55)45-43-41-39-37-35-33-18-16-14-12-10-8-6-4-2/h21-22,24-25,48-51,54-57H,3-20,23,26-47H2,1-2H3,(H,53,58)/b22-21-,25-24-. The van der Waals surface area contributed by atoms with Gasteiger partial charge in [0.05, 0.1) is 18.8 Å². The van der Waals surface area contributed by atoms with Crippen LogP contribution in [0.5, 0.6) is 0 Å². The van der Waals surface area contributed by atoms with Gasteiger partial charge in [-0.25, -0.2) is 0 Å². The van der Waals surface area contributed by atoms with Crippen molar-refractivity contribution in [2.75, 3.05) is 6.61 Å². The summed E-state index contributed by atoms with van der Waals surface area (Å²) in [6.45, 7) is 4.06. The van der Waals surface area contributed by atoms with E-state index >= 15 is 0 Å². The summed E-state index contributed by atoms with van der Waals surface area (Å²) in [7, 11) is 0. The lowest BCUT2D eigenvalue weighted by Gasteiger charge is -2.27. The van der Waals surface area contributed by atoms with E-state index in [4.69, 9.17) is 0 Å². The van der Waals surface area contributed by atoms with Crippen molar-refractivity contribution < 1.29 is 25.2 Å². The molecule has 0 saturated carbocycles. The van der Waals surface area contributed by atoms with Crippen LogP contribution in [0.2, 0.25) is 0 Å². The van der Waals surface area contributed by atoms with E-state index in [0.717, 1.165) is 44.9 Å². The van der Waals surface area contributed by atoms with Gasteiger partial charge in [-0.3, -0.25) is 4.79 Å². The Morgan fingerprint density at radius 3 is 1.09 bits per heavy atom. The minimum Gasteiger partial charge on any atom is -0.394 e. The van der Waals surface area contributed by atoms with E-state index in [1.807, 2.05) is 0 Å². The number of aliphatic hydroxyl groups is 4. The smallest absolute Gasteiger partial charge is 0.249 e. The third-order valence-corrected chi connectivity index (χ3v) is 12.2. The van der Waals surface area contributed by atoms with Crippen molar-refractivity contribution in [3.63, 3.8) is 0 Å². The number of amides is 1. The predicted molar refractivity (Wildman–Crippen MR) is 251 cm³/mol. The average Bonchev–Trinajstić information content (AvgIpc) is 3.23. The van der Waals surface area contributed by atoms with Gasteiger partial charge in [0.1, 0.15) is 12.2 Å². The van der Waals surface area contributed by atoms with Crippen molar-refractivity contribution >= 4 is 5.91 Å². The quantitative estimate of drug-likeness (QED) is 0.0310. The summed E-state index contributed by atoms with van der Waals surface area (Å²) >= 11 is 0. The number of carbonyl (C=O) groups excluding carboxylic acids is 1. The highest BCUT2D eigenvalue weighted by molar-refractivity contribution is 5.80. The topological polar surface area (TPSA) is 110 Å². The minimum absolute atomic E-state index is 0.369. The van der Waals surface area contributed by atoms with Crippen molar-refractivity contribution in [2.24, 2.45) is 0 Å². The molecule has 0 radical (unpaired) electrons. The van der Waals surface area contributed by atoms with Crippen molar-refractivity contribution in [1.82, 2.24) is 5.32 Å². The zero-order valence-corrected chi connectivity index (χ0v) is 38.8. The monoisotopic (exact) mass is 820 g/mol. The van der Waals surface area contributed by atoms with Gasteiger partial charge in [0, 0.05) is 0 Å². The molecule has 0 aromatic carbocycles. The van der Waals surface area contributed by atoms with Crippen LogP contribution >= 0.6 is 0 Å². The van der Waals surface area contributed by atoms with Gasteiger partial charge < -0.3 is 25.7 Å². The first-order chi connectivity index (χ1) is 28.5. The number of unbranched alkanes of at least 4 members (excludes halogenated alkanes) is 34. The zero-order chi connectivity index (χ0) is 42.4. The normalized spacial score (nSPS) is 14.1. The third kappa shape index (κ3) is 40.2. The van der Waals surface area contributed by atoms with Gasteiger partial charge in [0.25, 0.3) is 0 Å². The zero-order valence-electron chi connectivity index (χ0n) is 38.8. The van der Waals surface area contributed by atoms with Gasteiger partial charge >= 0.3 is 0 Å². The number of hydrogen-bond donors (Lipinski definition) is 5. The maximum absolute atomic E-state index is 12.6. The van der Waals surface area contributed by atoms with E-state index in [-0.39, 0.29) is 0 Å². The number of rotatable bonds is 47. The molecule has 58 heavy (non-hydrogen) atoms. The molecule has 344 valence electrons. The highest BCUT2D eigenvalue weighted by Crippen LogP contribution is 2.17. The second kappa shape index (κ2) is 46.8. The van der Waals surface area contributed by atoms with Crippen molar-refractivity contribution in [3.05, 3.63) is 24.3 Å². The second-order valence-electron chi connectivity index (χ2n) is 17.9. The van der Waals surface area contributed by atoms with Crippen LogP contribution in [0.15, 0.2) is 24.3 Å². The minimum atomic E-state index is -1.26. The van der Waals surface area contributed by atoms with Crippen LogP contribution in [0, 0.1) is 0 Å². The molecule has 0 bridgehead atoms. The lowest BCUT2D eigenvalue weighted by Crippen LogP contribution is -2.53. The van der Waals surface area contributed by atoms with E-state index in [2.05, 4.69) is 43.5 Å². The van der Waals surface area contributed by atoms with Crippen LogP contribution in [-0.2, 0) is 4.79 Å². The van der Waals surface area contributed by atoms with Gasteiger partial charge in [-0.05, 0) is 44.9 Å². The van der Waals surface area contributed by atoms with Crippen LogP contribution in [0.3, 0.4) is 0 Å². The fraction of sp³-hybridized carbons (Fsp3) is 0.904. The molecule has 0 heterocycles. The predicted octanol–water partition coefficient (Wildman–Crippen LogP) is 14.3. The molecule has 5 N–H and O–H groups in total. The summed E-state index contributed by atoms with van der Waals surface area (Å²) in [6.07, 6.45) is 55.1. The van der Waals surface area contributed by atoms with Gasteiger partial charge in [0.2, 0.25) is 5.91 Å². The summed E-state index contributed by atoms with van der Waals surface area (Å²) in [4.78, 5) is 12.6.